The lowest BCUT2D eigenvalue weighted by molar-refractivity contribution is 0.202. The fraction of sp³-hybridized carbons (Fsp3) is 0.278. The van der Waals surface area contributed by atoms with Gasteiger partial charge in [0.2, 0.25) is 0 Å². The first kappa shape index (κ1) is 17.4. The summed E-state index contributed by atoms with van der Waals surface area (Å²) in [5, 5.41) is 7.61. The van der Waals surface area contributed by atoms with Crippen molar-refractivity contribution >= 4 is 11.8 Å². The molecule has 0 aliphatic rings. The van der Waals surface area contributed by atoms with Crippen molar-refractivity contribution in [3.8, 4) is 5.75 Å². The predicted octanol–water partition coefficient (Wildman–Crippen LogP) is 3.28. The van der Waals surface area contributed by atoms with E-state index in [0.29, 0.717) is 6.61 Å². The zero-order valence-corrected chi connectivity index (χ0v) is 15.0. The zero-order valence-electron chi connectivity index (χ0n) is 14.2. The summed E-state index contributed by atoms with van der Waals surface area (Å²) in [5.74, 6) is 0.833. The fourth-order valence-electron chi connectivity index (χ4n) is 2.57. The maximum Gasteiger partial charge on any atom is 0.184 e. The molecule has 0 aliphatic heterocycles. The van der Waals surface area contributed by atoms with Crippen LogP contribution in [-0.2, 0) is 11.2 Å². The zero-order chi connectivity index (χ0) is 17.5. The third-order valence-electron chi connectivity index (χ3n) is 3.79. The molecule has 1 atom stereocenters. The lowest BCUT2D eigenvalue weighted by Gasteiger charge is -2.19. The summed E-state index contributed by atoms with van der Waals surface area (Å²) in [5.41, 5.74) is 3.30. The first-order valence-corrected chi connectivity index (χ1v) is 8.78. The summed E-state index contributed by atoms with van der Waals surface area (Å²) in [6, 6.07) is 12.1. The van der Waals surface area contributed by atoms with Crippen molar-refractivity contribution in [2.45, 2.75) is 16.8 Å². The van der Waals surface area contributed by atoms with Gasteiger partial charge in [0.15, 0.2) is 5.16 Å². The second-order valence-electron chi connectivity index (χ2n) is 5.35. The molecule has 0 aliphatic carbocycles. The Morgan fingerprint density at radius 3 is 2.76 bits per heavy atom. The van der Waals surface area contributed by atoms with Crippen molar-refractivity contribution in [2.75, 3.05) is 20.8 Å². The Morgan fingerprint density at radius 1 is 1.16 bits per heavy atom. The van der Waals surface area contributed by atoms with Crippen LogP contribution in [-0.4, -0.2) is 41.0 Å². The van der Waals surface area contributed by atoms with Crippen molar-refractivity contribution in [3.63, 3.8) is 0 Å². The highest BCUT2D eigenvalue weighted by Crippen LogP contribution is 2.40. The Balaban J connectivity index is 2.02. The van der Waals surface area contributed by atoms with Crippen molar-refractivity contribution in [1.82, 2.24) is 20.2 Å². The van der Waals surface area contributed by atoms with Crippen LogP contribution in [0.15, 0.2) is 54.1 Å². The largest absolute Gasteiger partial charge is 0.497 e. The van der Waals surface area contributed by atoms with Gasteiger partial charge in [0.25, 0.3) is 0 Å². The van der Waals surface area contributed by atoms with Gasteiger partial charge in [-0.05, 0) is 41.8 Å². The van der Waals surface area contributed by atoms with Crippen molar-refractivity contribution in [3.05, 3.63) is 65.7 Å². The second kappa shape index (κ2) is 8.64. The van der Waals surface area contributed by atoms with E-state index >= 15 is 0 Å². The maximum atomic E-state index is 5.39. The van der Waals surface area contributed by atoms with Crippen LogP contribution in [0.25, 0.3) is 0 Å². The molecule has 0 fully saturated rings. The lowest BCUT2D eigenvalue weighted by Crippen LogP contribution is -2.06. The van der Waals surface area contributed by atoms with Crippen molar-refractivity contribution in [1.29, 1.82) is 0 Å². The van der Waals surface area contributed by atoms with Crippen LogP contribution in [0.2, 0.25) is 0 Å². The highest BCUT2D eigenvalue weighted by Gasteiger charge is 2.22. The maximum absolute atomic E-state index is 5.39. The highest BCUT2D eigenvalue weighted by molar-refractivity contribution is 7.99. The SMILES string of the molecule is COCCc1cc(OC)ccc1C(Sc1ncn[nH]1)c1ccccn1. The minimum Gasteiger partial charge on any atom is -0.497 e. The molecule has 2 heterocycles. The number of benzene rings is 1. The normalized spacial score (nSPS) is 12.1. The van der Waals surface area contributed by atoms with Gasteiger partial charge < -0.3 is 9.47 Å². The highest BCUT2D eigenvalue weighted by atomic mass is 32.2. The summed E-state index contributed by atoms with van der Waals surface area (Å²) in [7, 11) is 3.38. The van der Waals surface area contributed by atoms with Gasteiger partial charge in [0.1, 0.15) is 12.1 Å². The molecule has 1 aromatic carbocycles. The van der Waals surface area contributed by atoms with Gasteiger partial charge in [-0.1, -0.05) is 23.9 Å². The Morgan fingerprint density at radius 2 is 2.08 bits per heavy atom. The number of nitrogens with zero attached hydrogens (tertiary/aromatic N) is 3. The van der Waals surface area contributed by atoms with Crippen LogP contribution >= 0.6 is 11.8 Å². The van der Waals surface area contributed by atoms with Crippen LogP contribution in [0.4, 0.5) is 0 Å². The Labute approximate surface area is 151 Å². The van der Waals surface area contributed by atoms with Crippen LogP contribution < -0.4 is 4.74 Å². The van der Waals surface area contributed by atoms with E-state index in [1.165, 1.54) is 11.9 Å². The van der Waals surface area contributed by atoms with E-state index in [2.05, 4.69) is 32.3 Å². The number of methoxy groups -OCH3 is 2. The molecule has 1 unspecified atom stereocenters. The standard InChI is InChI=1S/C18H20N4O2S/c1-23-10-8-13-11-14(24-2)6-7-15(13)17(16-5-3-4-9-19-16)25-18-20-12-21-22-18/h3-7,9,11-12,17H,8,10H2,1-2H3,(H,20,21,22). The van der Waals surface area contributed by atoms with Gasteiger partial charge in [0.05, 0.1) is 24.7 Å². The van der Waals surface area contributed by atoms with Crippen molar-refractivity contribution < 1.29 is 9.47 Å². The average molecular weight is 356 g/mol. The number of hydrogen-bond donors (Lipinski definition) is 1. The van der Waals surface area contributed by atoms with E-state index < -0.39 is 0 Å². The first-order chi connectivity index (χ1) is 12.3. The van der Waals surface area contributed by atoms with E-state index in [4.69, 9.17) is 9.47 Å². The number of ether oxygens (including phenoxy) is 2. The molecule has 0 saturated carbocycles. The molecule has 3 aromatic rings. The quantitative estimate of drug-likeness (QED) is 0.625. The number of rotatable bonds is 8. The van der Waals surface area contributed by atoms with E-state index in [1.54, 1.807) is 26.0 Å². The molecule has 25 heavy (non-hydrogen) atoms. The number of nitrogens with one attached hydrogen (secondary N) is 1. The minimum absolute atomic E-state index is 0.00749. The topological polar surface area (TPSA) is 72.9 Å². The van der Waals surface area contributed by atoms with E-state index in [0.717, 1.165) is 28.6 Å². The molecule has 1 N–H and O–H groups in total. The molecular weight excluding hydrogens is 336 g/mol. The molecule has 0 saturated heterocycles. The van der Waals surface area contributed by atoms with E-state index in [9.17, 15) is 0 Å². The molecule has 7 heteroatoms. The Bertz CT molecular complexity index is 781. The summed E-state index contributed by atoms with van der Waals surface area (Å²) < 4.78 is 10.7. The smallest absolute Gasteiger partial charge is 0.184 e. The minimum atomic E-state index is -0.00749. The van der Waals surface area contributed by atoms with Gasteiger partial charge in [0, 0.05) is 13.3 Å². The summed E-state index contributed by atoms with van der Waals surface area (Å²) in [4.78, 5) is 8.81. The number of thioether (sulfide) groups is 1. The third-order valence-corrected chi connectivity index (χ3v) is 4.94. The van der Waals surface area contributed by atoms with Gasteiger partial charge in [-0.15, -0.1) is 0 Å². The number of hydrogen-bond acceptors (Lipinski definition) is 6. The van der Waals surface area contributed by atoms with Gasteiger partial charge in [-0.25, -0.2) is 4.98 Å². The molecule has 0 bridgehead atoms. The average Bonchev–Trinajstić information content (AvgIpc) is 3.18. The summed E-state index contributed by atoms with van der Waals surface area (Å²) in [6.07, 6.45) is 4.11. The summed E-state index contributed by atoms with van der Waals surface area (Å²) >= 11 is 1.59. The van der Waals surface area contributed by atoms with Crippen molar-refractivity contribution in [2.24, 2.45) is 0 Å². The van der Waals surface area contributed by atoms with E-state index in [1.807, 2.05) is 30.5 Å². The Hall–Kier alpha value is -2.38. The fourth-order valence-corrected chi connectivity index (χ4v) is 3.62. The Kier molecular flexibility index (Phi) is 6.03. The molecule has 0 spiro atoms. The molecule has 0 radical (unpaired) electrons. The number of aromatic nitrogens is 4. The van der Waals surface area contributed by atoms with Gasteiger partial charge >= 0.3 is 0 Å². The van der Waals surface area contributed by atoms with Gasteiger partial charge in [-0.2, -0.15) is 5.10 Å². The number of pyridine rings is 1. The lowest BCUT2D eigenvalue weighted by atomic mass is 9.99. The van der Waals surface area contributed by atoms with Gasteiger partial charge in [-0.3, -0.25) is 10.1 Å². The third kappa shape index (κ3) is 4.37. The number of aromatic amines is 1. The molecule has 6 nitrogen and oxygen atoms in total. The first-order valence-electron chi connectivity index (χ1n) is 7.90. The molecule has 0 amide bonds. The van der Waals surface area contributed by atoms with E-state index in [-0.39, 0.29) is 5.25 Å². The van der Waals surface area contributed by atoms with Crippen LogP contribution in [0, 0.1) is 0 Å². The second-order valence-corrected chi connectivity index (χ2v) is 6.44. The number of H-pyrrole nitrogens is 1. The van der Waals surface area contributed by atoms with Crippen LogP contribution in [0.1, 0.15) is 22.1 Å². The van der Waals surface area contributed by atoms with Crippen LogP contribution in [0.5, 0.6) is 5.75 Å². The monoisotopic (exact) mass is 356 g/mol. The molecule has 2 aromatic heterocycles. The summed E-state index contributed by atoms with van der Waals surface area (Å²) in [6.45, 7) is 0.641. The molecule has 130 valence electrons. The van der Waals surface area contributed by atoms with Crippen LogP contribution in [0.3, 0.4) is 0 Å². The predicted molar refractivity (Wildman–Crippen MR) is 96.9 cm³/mol. The molecule has 3 rings (SSSR count). The molecular formula is C18H20N4O2S.